The summed E-state index contributed by atoms with van der Waals surface area (Å²) < 4.78 is 23.5. The summed E-state index contributed by atoms with van der Waals surface area (Å²) in [5, 5.41) is 0.905. The molecule has 0 bridgehead atoms. The zero-order valence-corrected chi connectivity index (χ0v) is 20.4. The van der Waals surface area contributed by atoms with E-state index in [9.17, 15) is 14.0 Å². The summed E-state index contributed by atoms with van der Waals surface area (Å²) in [7, 11) is 2.97. The van der Waals surface area contributed by atoms with Gasteiger partial charge in [0.25, 0.3) is 5.91 Å². The monoisotopic (exact) mass is 510 g/mol. The Hall–Kier alpha value is -3.62. The molecule has 4 rings (SSSR count). The van der Waals surface area contributed by atoms with Crippen molar-refractivity contribution in [2.24, 2.45) is 4.99 Å². The number of carbonyl (C=O) groups excluding carboxylic acids is 2. The van der Waals surface area contributed by atoms with Crippen molar-refractivity contribution in [2.45, 2.75) is 6.61 Å². The smallest absolute Gasteiger partial charge is 0.337 e. The fourth-order valence-corrected chi connectivity index (χ4v) is 4.40. The van der Waals surface area contributed by atoms with Gasteiger partial charge in [-0.25, -0.2) is 14.2 Å². The molecule has 3 aromatic carbocycles. The van der Waals surface area contributed by atoms with Crippen LogP contribution in [0.15, 0.2) is 76.6 Å². The van der Waals surface area contributed by atoms with Crippen LogP contribution in [0.4, 0.5) is 10.1 Å². The van der Waals surface area contributed by atoms with Gasteiger partial charge in [-0.05, 0) is 77.5 Å². The summed E-state index contributed by atoms with van der Waals surface area (Å²) >= 11 is 7.62. The first-order chi connectivity index (χ1) is 16.8. The number of hydrogen-bond donors (Lipinski definition) is 0. The highest BCUT2D eigenvalue weighted by atomic mass is 35.5. The third-order valence-electron chi connectivity index (χ3n) is 5.08. The lowest BCUT2D eigenvalue weighted by Crippen LogP contribution is -2.23. The molecule has 0 N–H and O–H groups in total. The number of esters is 1. The van der Waals surface area contributed by atoms with Gasteiger partial charge in [0.05, 0.1) is 28.3 Å². The third kappa shape index (κ3) is 5.90. The highest BCUT2D eigenvalue weighted by Gasteiger charge is 2.30. The number of aliphatic imine (C=N–C) groups is 1. The molecule has 0 saturated carbocycles. The van der Waals surface area contributed by atoms with E-state index in [1.54, 1.807) is 67.7 Å². The Labute approximate surface area is 211 Å². The number of amides is 1. The van der Waals surface area contributed by atoms with Gasteiger partial charge < -0.3 is 9.47 Å². The lowest BCUT2D eigenvalue weighted by molar-refractivity contribution is -0.121. The molecule has 9 heteroatoms. The lowest BCUT2D eigenvalue weighted by atomic mass is 10.2. The van der Waals surface area contributed by atoms with Crippen LogP contribution in [0.2, 0.25) is 5.02 Å². The number of benzene rings is 3. The van der Waals surface area contributed by atoms with E-state index >= 15 is 0 Å². The highest BCUT2D eigenvalue weighted by Crippen LogP contribution is 2.34. The average Bonchev–Trinajstić information content (AvgIpc) is 3.12. The molecule has 1 aliphatic rings. The van der Waals surface area contributed by atoms with Crippen LogP contribution in [0.5, 0.6) is 5.75 Å². The Morgan fingerprint density at radius 3 is 2.49 bits per heavy atom. The SMILES string of the molecule is COC(=O)c1ccc(N=C2SC(=Cc3ccc(OCc4ccc(F)cc4)c(Cl)c3)C(=O)N2C)cc1. The van der Waals surface area contributed by atoms with E-state index in [-0.39, 0.29) is 18.3 Å². The Kier molecular flexibility index (Phi) is 7.53. The fourth-order valence-electron chi connectivity index (χ4n) is 3.17. The predicted molar refractivity (Wildman–Crippen MR) is 135 cm³/mol. The first kappa shape index (κ1) is 24.5. The van der Waals surface area contributed by atoms with E-state index in [0.717, 1.165) is 11.1 Å². The molecule has 1 heterocycles. The summed E-state index contributed by atoms with van der Waals surface area (Å²) in [6.07, 6.45) is 1.74. The van der Waals surface area contributed by atoms with Crippen molar-refractivity contribution in [1.82, 2.24) is 4.90 Å². The van der Waals surface area contributed by atoms with Gasteiger partial charge >= 0.3 is 5.97 Å². The van der Waals surface area contributed by atoms with Crippen molar-refractivity contribution in [3.05, 3.63) is 99.2 Å². The first-order valence-corrected chi connectivity index (χ1v) is 11.6. The molecule has 35 heavy (non-hydrogen) atoms. The topological polar surface area (TPSA) is 68.2 Å². The van der Waals surface area contributed by atoms with Crippen molar-refractivity contribution >= 4 is 52.2 Å². The maximum Gasteiger partial charge on any atom is 0.337 e. The number of nitrogens with zero attached hydrogens (tertiary/aromatic N) is 2. The van der Waals surface area contributed by atoms with Crippen LogP contribution in [0, 0.1) is 5.82 Å². The number of hydrogen-bond acceptors (Lipinski definition) is 6. The number of methoxy groups -OCH3 is 1. The summed E-state index contributed by atoms with van der Waals surface area (Å²) in [5.41, 5.74) is 2.57. The van der Waals surface area contributed by atoms with E-state index in [2.05, 4.69) is 4.99 Å². The Bertz CT molecular complexity index is 1320. The second kappa shape index (κ2) is 10.8. The maximum absolute atomic E-state index is 13.0. The number of halogens is 2. The lowest BCUT2D eigenvalue weighted by Gasteiger charge is -2.09. The largest absolute Gasteiger partial charge is 0.487 e. The molecule has 1 amide bonds. The van der Waals surface area contributed by atoms with Crippen molar-refractivity contribution in [3.63, 3.8) is 0 Å². The molecule has 0 atom stereocenters. The van der Waals surface area contributed by atoms with Crippen LogP contribution in [-0.2, 0) is 16.1 Å². The van der Waals surface area contributed by atoms with E-state index in [1.165, 1.54) is 35.9 Å². The maximum atomic E-state index is 13.0. The van der Waals surface area contributed by atoms with Gasteiger partial charge in [-0.2, -0.15) is 0 Å². The minimum absolute atomic E-state index is 0.187. The number of thioether (sulfide) groups is 1. The number of rotatable bonds is 6. The summed E-state index contributed by atoms with van der Waals surface area (Å²) in [6.45, 7) is 0.250. The molecule has 1 aliphatic heterocycles. The third-order valence-corrected chi connectivity index (χ3v) is 6.43. The predicted octanol–water partition coefficient (Wildman–Crippen LogP) is 6.08. The van der Waals surface area contributed by atoms with Gasteiger partial charge in [-0.3, -0.25) is 9.69 Å². The minimum Gasteiger partial charge on any atom is -0.487 e. The number of likely N-dealkylation sites (N-methyl/N-ethyl adjacent to an activating group) is 1. The molecular formula is C26H20ClFN2O4S. The summed E-state index contributed by atoms with van der Waals surface area (Å²) in [4.78, 5) is 30.8. The zero-order chi connectivity index (χ0) is 24.9. The Morgan fingerprint density at radius 1 is 1.11 bits per heavy atom. The molecule has 0 spiro atoms. The molecule has 1 fully saturated rings. The van der Waals surface area contributed by atoms with E-state index in [1.807, 2.05) is 0 Å². The van der Waals surface area contributed by atoms with Crippen molar-refractivity contribution in [2.75, 3.05) is 14.2 Å². The van der Waals surface area contributed by atoms with Gasteiger partial charge in [0, 0.05) is 7.05 Å². The van der Waals surface area contributed by atoms with Crippen LogP contribution in [-0.4, -0.2) is 36.1 Å². The summed E-state index contributed by atoms with van der Waals surface area (Å²) in [5.74, 6) is -0.438. The van der Waals surface area contributed by atoms with Crippen LogP contribution in [0.1, 0.15) is 21.5 Å². The van der Waals surface area contributed by atoms with E-state index in [0.29, 0.717) is 32.1 Å². The molecule has 0 unspecified atom stereocenters. The number of amidine groups is 1. The molecule has 0 radical (unpaired) electrons. The second-order valence-electron chi connectivity index (χ2n) is 7.51. The number of carbonyl (C=O) groups is 2. The van der Waals surface area contributed by atoms with Crippen molar-refractivity contribution in [1.29, 1.82) is 0 Å². The van der Waals surface area contributed by atoms with Crippen LogP contribution in [0.3, 0.4) is 0 Å². The van der Waals surface area contributed by atoms with Crippen LogP contribution < -0.4 is 4.74 Å². The molecule has 178 valence electrons. The molecule has 3 aromatic rings. The summed E-state index contributed by atoms with van der Waals surface area (Å²) in [6, 6.07) is 17.9. The van der Waals surface area contributed by atoms with Gasteiger partial charge in [-0.15, -0.1) is 0 Å². The minimum atomic E-state index is -0.428. The molecule has 0 aromatic heterocycles. The quantitative estimate of drug-likeness (QED) is 0.297. The fraction of sp³-hybridized carbons (Fsp3) is 0.115. The Balaban J connectivity index is 1.46. The molecule has 0 aliphatic carbocycles. The molecular weight excluding hydrogens is 491 g/mol. The molecule has 1 saturated heterocycles. The van der Waals surface area contributed by atoms with Gasteiger partial charge in [-0.1, -0.05) is 29.8 Å². The van der Waals surface area contributed by atoms with E-state index in [4.69, 9.17) is 21.1 Å². The second-order valence-corrected chi connectivity index (χ2v) is 8.93. The first-order valence-electron chi connectivity index (χ1n) is 10.5. The molecule has 6 nitrogen and oxygen atoms in total. The highest BCUT2D eigenvalue weighted by molar-refractivity contribution is 8.18. The van der Waals surface area contributed by atoms with Crippen molar-refractivity contribution in [3.8, 4) is 5.75 Å². The van der Waals surface area contributed by atoms with Crippen LogP contribution in [0.25, 0.3) is 6.08 Å². The van der Waals surface area contributed by atoms with Crippen LogP contribution >= 0.6 is 23.4 Å². The van der Waals surface area contributed by atoms with Gasteiger partial charge in [0.15, 0.2) is 5.17 Å². The zero-order valence-electron chi connectivity index (χ0n) is 18.8. The number of ether oxygens (including phenoxy) is 2. The van der Waals surface area contributed by atoms with Gasteiger partial charge in [0.1, 0.15) is 18.2 Å². The average molecular weight is 511 g/mol. The Morgan fingerprint density at radius 2 is 1.83 bits per heavy atom. The standard InChI is InChI=1S/C26H20ClFN2O4S/c1-30-24(31)23(35-26(30)29-20-10-6-18(7-11-20)25(32)33-2)14-17-5-12-22(21(27)13-17)34-15-16-3-8-19(28)9-4-16/h3-14H,15H2,1-2H3. The van der Waals surface area contributed by atoms with Gasteiger partial charge in [0.2, 0.25) is 0 Å². The van der Waals surface area contributed by atoms with E-state index < -0.39 is 5.97 Å². The van der Waals surface area contributed by atoms with Crippen molar-refractivity contribution < 1.29 is 23.5 Å². The normalized spacial score (nSPS) is 15.7.